The highest BCUT2D eigenvalue weighted by molar-refractivity contribution is 7.26. The topological polar surface area (TPSA) is 0 Å². The van der Waals surface area contributed by atoms with Crippen LogP contribution in [-0.4, -0.2) is 0 Å². The van der Waals surface area contributed by atoms with Crippen LogP contribution in [0.5, 0.6) is 0 Å². The molecular weight excluding hydrogens is 537 g/mol. The minimum atomic E-state index is 0.365. The van der Waals surface area contributed by atoms with E-state index in [0.29, 0.717) is 11.8 Å². The molecule has 204 valence electrons. The third-order valence-corrected chi connectivity index (χ3v) is 10.8. The second-order valence-electron chi connectivity index (χ2n) is 11.9. The molecule has 0 saturated heterocycles. The zero-order valence-electron chi connectivity index (χ0n) is 23.8. The van der Waals surface area contributed by atoms with Gasteiger partial charge >= 0.3 is 0 Å². The van der Waals surface area contributed by atoms with Gasteiger partial charge in [-0.15, -0.1) is 11.3 Å². The molecule has 1 heterocycles. The largest absolute Gasteiger partial charge is 0.134 e. The SMILES string of the molecule is C1=CC2=C(CC1)c1ccccc1C1C=C(c3cccc(-c4cccc5c4sc4c(-c6ccccc6)cccc45)c3)C=CC21. The Hall–Kier alpha value is -4.72. The van der Waals surface area contributed by atoms with Crippen molar-refractivity contribution in [1.82, 2.24) is 0 Å². The van der Waals surface area contributed by atoms with Gasteiger partial charge in [-0.25, -0.2) is 0 Å². The molecule has 9 rings (SSSR count). The monoisotopic (exact) mass is 566 g/mol. The van der Waals surface area contributed by atoms with Crippen LogP contribution in [-0.2, 0) is 0 Å². The molecule has 0 aliphatic heterocycles. The van der Waals surface area contributed by atoms with Crippen LogP contribution in [0.3, 0.4) is 0 Å². The number of fused-ring (bicyclic) bond motifs is 8. The van der Waals surface area contributed by atoms with Gasteiger partial charge < -0.3 is 0 Å². The van der Waals surface area contributed by atoms with Gasteiger partial charge in [0.05, 0.1) is 0 Å². The number of hydrogen-bond acceptors (Lipinski definition) is 1. The van der Waals surface area contributed by atoms with Crippen LogP contribution in [0, 0.1) is 5.92 Å². The Balaban J connectivity index is 1.15. The molecule has 0 amide bonds. The maximum absolute atomic E-state index is 2.53. The van der Waals surface area contributed by atoms with Gasteiger partial charge in [-0.05, 0) is 74.6 Å². The second-order valence-corrected chi connectivity index (χ2v) is 12.9. The second kappa shape index (κ2) is 9.93. The van der Waals surface area contributed by atoms with E-state index in [4.69, 9.17) is 0 Å². The van der Waals surface area contributed by atoms with Crippen molar-refractivity contribution in [2.45, 2.75) is 18.8 Å². The van der Waals surface area contributed by atoms with Crippen LogP contribution >= 0.6 is 11.3 Å². The van der Waals surface area contributed by atoms with Crippen molar-refractivity contribution in [1.29, 1.82) is 0 Å². The normalized spacial score (nSPS) is 18.8. The van der Waals surface area contributed by atoms with Crippen LogP contribution in [0.15, 0.2) is 151 Å². The summed E-state index contributed by atoms with van der Waals surface area (Å²) in [5.41, 5.74) is 13.8. The lowest BCUT2D eigenvalue weighted by Gasteiger charge is -2.37. The first-order valence-corrected chi connectivity index (χ1v) is 16.1. The Bertz CT molecular complexity index is 2180. The molecule has 5 aromatic carbocycles. The van der Waals surface area contributed by atoms with Gasteiger partial charge in [0.15, 0.2) is 0 Å². The molecule has 1 aromatic heterocycles. The first-order chi connectivity index (χ1) is 21.3. The van der Waals surface area contributed by atoms with E-state index in [1.54, 1.807) is 5.57 Å². The van der Waals surface area contributed by atoms with E-state index in [0.717, 1.165) is 12.8 Å². The van der Waals surface area contributed by atoms with Crippen molar-refractivity contribution in [3.05, 3.63) is 168 Å². The minimum absolute atomic E-state index is 0.365. The van der Waals surface area contributed by atoms with Crippen LogP contribution in [0.2, 0.25) is 0 Å². The molecule has 0 bridgehead atoms. The third kappa shape index (κ3) is 3.96. The zero-order chi connectivity index (χ0) is 28.3. The van der Waals surface area contributed by atoms with Crippen molar-refractivity contribution in [2.24, 2.45) is 5.92 Å². The van der Waals surface area contributed by atoms with Crippen LogP contribution in [0.25, 0.3) is 53.6 Å². The van der Waals surface area contributed by atoms with Gasteiger partial charge in [-0.2, -0.15) is 0 Å². The average molecular weight is 567 g/mol. The number of allylic oxidation sites excluding steroid dienone is 8. The van der Waals surface area contributed by atoms with Gasteiger partial charge in [0.25, 0.3) is 0 Å². The maximum Gasteiger partial charge on any atom is 0.0434 e. The van der Waals surface area contributed by atoms with E-state index >= 15 is 0 Å². The minimum Gasteiger partial charge on any atom is -0.134 e. The predicted molar refractivity (Wildman–Crippen MR) is 185 cm³/mol. The summed E-state index contributed by atoms with van der Waals surface area (Å²) in [6.07, 6.45) is 14.4. The summed E-state index contributed by atoms with van der Waals surface area (Å²) in [5.74, 6) is 0.781. The lowest BCUT2D eigenvalue weighted by Crippen LogP contribution is -2.22. The van der Waals surface area contributed by atoms with E-state index in [9.17, 15) is 0 Å². The van der Waals surface area contributed by atoms with Crippen molar-refractivity contribution in [3.63, 3.8) is 0 Å². The van der Waals surface area contributed by atoms with E-state index in [-0.39, 0.29) is 0 Å². The molecule has 0 N–H and O–H groups in total. The number of rotatable bonds is 3. The van der Waals surface area contributed by atoms with Gasteiger partial charge in [0.2, 0.25) is 0 Å². The molecule has 0 nitrogen and oxygen atoms in total. The average Bonchev–Trinajstić information content (AvgIpc) is 3.48. The highest BCUT2D eigenvalue weighted by atomic mass is 32.1. The molecule has 6 aromatic rings. The van der Waals surface area contributed by atoms with Crippen molar-refractivity contribution in [2.75, 3.05) is 0 Å². The van der Waals surface area contributed by atoms with E-state index in [1.165, 1.54) is 70.3 Å². The summed E-state index contributed by atoms with van der Waals surface area (Å²) in [6, 6.07) is 42.6. The molecule has 0 radical (unpaired) electrons. The van der Waals surface area contributed by atoms with Gasteiger partial charge in [-0.3, -0.25) is 0 Å². The molecule has 3 aliphatic rings. The first kappa shape index (κ1) is 24.8. The van der Waals surface area contributed by atoms with Crippen LogP contribution < -0.4 is 0 Å². The Kier molecular flexibility index (Phi) is 5.74. The molecule has 0 fully saturated rings. The smallest absolute Gasteiger partial charge is 0.0434 e. The summed E-state index contributed by atoms with van der Waals surface area (Å²) >= 11 is 1.92. The fourth-order valence-electron chi connectivity index (χ4n) is 7.56. The van der Waals surface area contributed by atoms with Gasteiger partial charge in [-0.1, -0.05) is 140 Å². The molecule has 1 heteroatoms. The highest BCUT2D eigenvalue weighted by Gasteiger charge is 2.34. The van der Waals surface area contributed by atoms with Crippen molar-refractivity contribution >= 4 is 42.7 Å². The molecule has 2 unspecified atom stereocenters. The van der Waals surface area contributed by atoms with Crippen molar-refractivity contribution < 1.29 is 0 Å². The zero-order valence-corrected chi connectivity index (χ0v) is 24.7. The van der Waals surface area contributed by atoms with E-state index in [1.807, 2.05) is 11.3 Å². The highest BCUT2D eigenvalue weighted by Crippen LogP contribution is 2.50. The Morgan fingerprint density at radius 1 is 0.558 bits per heavy atom. The summed E-state index contributed by atoms with van der Waals surface area (Å²) in [6.45, 7) is 0. The summed E-state index contributed by atoms with van der Waals surface area (Å²) in [7, 11) is 0. The van der Waals surface area contributed by atoms with Crippen LogP contribution in [0.4, 0.5) is 0 Å². The van der Waals surface area contributed by atoms with Crippen molar-refractivity contribution in [3.8, 4) is 22.3 Å². The lowest BCUT2D eigenvalue weighted by atomic mass is 9.67. The fraction of sp³-hybridized carbons (Fsp3) is 0.0952. The quantitative estimate of drug-likeness (QED) is 0.200. The molecule has 3 aliphatic carbocycles. The molecule has 2 atom stereocenters. The first-order valence-electron chi connectivity index (χ1n) is 15.3. The number of benzene rings is 5. The lowest BCUT2D eigenvalue weighted by molar-refractivity contribution is 0.658. The Morgan fingerprint density at radius 2 is 1.23 bits per heavy atom. The van der Waals surface area contributed by atoms with E-state index in [2.05, 4.69) is 146 Å². The number of thiophene rings is 1. The predicted octanol–water partition coefficient (Wildman–Crippen LogP) is 11.9. The van der Waals surface area contributed by atoms with Gasteiger partial charge in [0, 0.05) is 32.0 Å². The Labute approximate surface area is 256 Å². The summed E-state index contributed by atoms with van der Waals surface area (Å²) in [4.78, 5) is 0. The third-order valence-electron chi connectivity index (χ3n) is 9.56. The summed E-state index contributed by atoms with van der Waals surface area (Å²) < 4.78 is 2.72. The fourth-order valence-corrected chi connectivity index (χ4v) is 8.93. The Morgan fingerprint density at radius 3 is 2.07 bits per heavy atom. The van der Waals surface area contributed by atoms with Crippen LogP contribution in [0.1, 0.15) is 35.4 Å². The van der Waals surface area contributed by atoms with E-state index < -0.39 is 0 Å². The molecule has 43 heavy (non-hydrogen) atoms. The summed E-state index contributed by atoms with van der Waals surface area (Å²) in [5, 5.41) is 2.67. The standard InChI is InChI=1S/C42H30S/c1-2-11-27(12-3-1)31-19-9-21-38-39-22-10-20-32(42(39)43-41(31)38)30-14-8-13-28(25-30)29-23-24-37-35-17-5-4-15-33(35)34-16-6-7-18-36(34)40(37)26-29/h1-3,5-14,16-26,37,40H,4,15H2. The van der Waals surface area contributed by atoms with Gasteiger partial charge in [0.1, 0.15) is 0 Å². The molecular formula is C42H30S. The molecule has 0 spiro atoms. The molecule has 0 saturated carbocycles. The maximum atomic E-state index is 2.53. The number of hydrogen-bond donors (Lipinski definition) is 0.